The molecule has 0 spiro atoms. The number of nitro benzene ring substituents is 1. The van der Waals surface area contributed by atoms with E-state index >= 15 is 0 Å². The van der Waals surface area contributed by atoms with Gasteiger partial charge >= 0.3 is 0 Å². The van der Waals surface area contributed by atoms with Gasteiger partial charge in [0.1, 0.15) is 5.76 Å². The quantitative estimate of drug-likeness (QED) is 0.477. The van der Waals surface area contributed by atoms with Gasteiger partial charge in [0.15, 0.2) is 11.5 Å². The van der Waals surface area contributed by atoms with Crippen LogP contribution >= 0.6 is 0 Å². The third-order valence-corrected chi connectivity index (χ3v) is 2.49. The fraction of sp³-hybridized carbons (Fsp3) is 0.0714. The first-order valence-electron chi connectivity index (χ1n) is 5.59. The summed E-state index contributed by atoms with van der Waals surface area (Å²) in [5.41, 5.74) is 0.723. The van der Waals surface area contributed by atoms with Gasteiger partial charge in [0.2, 0.25) is 0 Å². The van der Waals surface area contributed by atoms with Crippen LogP contribution in [0.1, 0.15) is 28.8 Å². The maximum atomic E-state index is 11.1. The van der Waals surface area contributed by atoms with E-state index in [0.717, 1.165) is 0 Å². The van der Waals surface area contributed by atoms with Crippen molar-refractivity contribution in [2.24, 2.45) is 0 Å². The number of carbonyl (C=O) groups is 1. The van der Waals surface area contributed by atoms with E-state index in [1.54, 1.807) is 36.4 Å². The number of non-ortho nitro benzene ring substituents is 1. The van der Waals surface area contributed by atoms with Crippen LogP contribution in [0.25, 0.3) is 12.2 Å². The highest BCUT2D eigenvalue weighted by molar-refractivity contribution is 5.91. The van der Waals surface area contributed by atoms with E-state index < -0.39 is 4.92 Å². The summed E-state index contributed by atoms with van der Waals surface area (Å²) in [7, 11) is 0. The first-order valence-corrected chi connectivity index (χ1v) is 5.59. The second kappa shape index (κ2) is 5.30. The zero-order chi connectivity index (χ0) is 13.8. The Balaban J connectivity index is 2.19. The molecular weight excluding hydrogens is 246 g/mol. The summed E-state index contributed by atoms with van der Waals surface area (Å²) in [5.74, 6) is 0.672. The predicted molar refractivity (Wildman–Crippen MR) is 70.7 cm³/mol. The van der Waals surface area contributed by atoms with Gasteiger partial charge in [0.25, 0.3) is 5.69 Å². The van der Waals surface area contributed by atoms with Crippen molar-refractivity contribution in [3.63, 3.8) is 0 Å². The summed E-state index contributed by atoms with van der Waals surface area (Å²) in [6, 6.07) is 9.52. The van der Waals surface area contributed by atoms with E-state index in [1.165, 1.54) is 19.1 Å². The number of rotatable bonds is 4. The zero-order valence-corrected chi connectivity index (χ0v) is 10.2. The minimum Gasteiger partial charge on any atom is -0.454 e. The molecule has 2 rings (SSSR count). The van der Waals surface area contributed by atoms with E-state index in [2.05, 4.69) is 0 Å². The van der Waals surface area contributed by atoms with Gasteiger partial charge in [-0.15, -0.1) is 0 Å². The predicted octanol–water partition coefficient (Wildman–Crippen LogP) is 3.56. The number of benzene rings is 1. The zero-order valence-electron chi connectivity index (χ0n) is 10.2. The lowest BCUT2D eigenvalue weighted by Gasteiger charge is -1.93. The van der Waals surface area contributed by atoms with Crippen LogP contribution in [0.3, 0.4) is 0 Å². The van der Waals surface area contributed by atoms with Crippen molar-refractivity contribution in [3.05, 3.63) is 63.6 Å². The van der Waals surface area contributed by atoms with Gasteiger partial charge in [-0.05, 0) is 23.8 Å². The molecule has 0 unspecified atom stereocenters. The molecule has 0 saturated heterocycles. The van der Waals surface area contributed by atoms with E-state index in [0.29, 0.717) is 17.1 Å². The summed E-state index contributed by atoms with van der Waals surface area (Å²) in [6.07, 6.45) is 3.35. The van der Waals surface area contributed by atoms with Crippen LogP contribution in [0.5, 0.6) is 0 Å². The Morgan fingerprint density at radius 1 is 1.26 bits per heavy atom. The molecule has 0 N–H and O–H groups in total. The monoisotopic (exact) mass is 257 g/mol. The van der Waals surface area contributed by atoms with E-state index in [-0.39, 0.29) is 11.5 Å². The van der Waals surface area contributed by atoms with Gasteiger partial charge < -0.3 is 4.42 Å². The Morgan fingerprint density at radius 3 is 2.68 bits per heavy atom. The highest BCUT2D eigenvalue weighted by Crippen LogP contribution is 2.16. The van der Waals surface area contributed by atoms with Gasteiger partial charge in [-0.3, -0.25) is 14.9 Å². The highest BCUT2D eigenvalue weighted by atomic mass is 16.6. The molecule has 5 heteroatoms. The van der Waals surface area contributed by atoms with Gasteiger partial charge in [-0.1, -0.05) is 18.2 Å². The molecule has 1 aromatic heterocycles. The normalized spacial score (nSPS) is 10.8. The number of nitro groups is 1. The molecule has 96 valence electrons. The fourth-order valence-corrected chi connectivity index (χ4v) is 1.55. The van der Waals surface area contributed by atoms with Crippen molar-refractivity contribution in [2.75, 3.05) is 0 Å². The molecule has 0 fully saturated rings. The van der Waals surface area contributed by atoms with Crippen LogP contribution in [0.2, 0.25) is 0 Å². The standard InChI is InChI=1S/C14H11NO4/c1-10(16)14-8-7-13(19-14)6-5-11-3-2-4-12(9-11)15(17)18/h2-9H,1H3/b6-5+. The Kier molecular flexibility index (Phi) is 3.56. The van der Waals surface area contributed by atoms with E-state index in [4.69, 9.17) is 4.42 Å². The molecule has 0 aliphatic carbocycles. The summed E-state index contributed by atoms with van der Waals surface area (Å²) in [4.78, 5) is 21.2. The second-order valence-electron chi connectivity index (χ2n) is 3.94. The number of hydrogen-bond donors (Lipinski definition) is 0. The van der Waals surface area contributed by atoms with Gasteiger partial charge in [-0.2, -0.15) is 0 Å². The van der Waals surface area contributed by atoms with Crippen LogP contribution in [-0.4, -0.2) is 10.7 Å². The molecule has 5 nitrogen and oxygen atoms in total. The lowest BCUT2D eigenvalue weighted by Crippen LogP contribution is -1.87. The van der Waals surface area contributed by atoms with Gasteiger partial charge in [-0.25, -0.2) is 0 Å². The number of carbonyl (C=O) groups excluding carboxylic acids is 1. The van der Waals surface area contributed by atoms with E-state index in [9.17, 15) is 14.9 Å². The smallest absolute Gasteiger partial charge is 0.270 e. The lowest BCUT2D eigenvalue weighted by atomic mass is 10.2. The number of furan rings is 1. The molecule has 0 atom stereocenters. The maximum absolute atomic E-state index is 11.1. The van der Waals surface area contributed by atoms with Crippen molar-refractivity contribution in [2.45, 2.75) is 6.92 Å². The third kappa shape index (κ3) is 3.16. The minimum atomic E-state index is -0.446. The van der Waals surface area contributed by atoms with Crippen LogP contribution in [0, 0.1) is 10.1 Å². The van der Waals surface area contributed by atoms with Crippen molar-refractivity contribution < 1.29 is 14.1 Å². The number of ketones is 1. The number of nitrogens with zero attached hydrogens (tertiary/aromatic N) is 1. The van der Waals surface area contributed by atoms with Crippen molar-refractivity contribution in [1.82, 2.24) is 0 Å². The molecule has 1 heterocycles. The summed E-state index contributed by atoms with van der Waals surface area (Å²) < 4.78 is 5.27. The first-order chi connectivity index (χ1) is 9.06. The maximum Gasteiger partial charge on any atom is 0.270 e. The number of hydrogen-bond acceptors (Lipinski definition) is 4. The molecule has 0 aliphatic rings. The van der Waals surface area contributed by atoms with Crippen LogP contribution in [-0.2, 0) is 0 Å². The molecule has 0 amide bonds. The fourth-order valence-electron chi connectivity index (χ4n) is 1.55. The Labute approximate surface area is 109 Å². The Hall–Kier alpha value is -2.69. The molecule has 0 saturated carbocycles. The van der Waals surface area contributed by atoms with E-state index in [1.807, 2.05) is 0 Å². The second-order valence-corrected chi connectivity index (χ2v) is 3.94. The molecule has 19 heavy (non-hydrogen) atoms. The van der Waals surface area contributed by atoms with Gasteiger partial charge in [0, 0.05) is 19.1 Å². The largest absolute Gasteiger partial charge is 0.454 e. The molecule has 2 aromatic rings. The molecule has 0 radical (unpaired) electrons. The SMILES string of the molecule is CC(=O)c1ccc(/C=C/c2cccc([N+](=O)[O-])c2)o1. The summed E-state index contributed by atoms with van der Waals surface area (Å²) in [6.45, 7) is 1.42. The van der Waals surface area contributed by atoms with Gasteiger partial charge in [0.05, 0.1) is 4.92 Å². The number of Topliss-reactive ketones (excluding diaryl/α,β-unsaturated/α-hetero) is 1. The first kappa shape index (κ1) is 12.8. The molecule has 1 aromatic carbocycles. The van der Waals surface area contributed by atoms with Crippen molar-refractivity contribution >= 4 is 23.6 Å². The summed E-state index contributed by atoms with van der Waals surface area (Å²) in [5, 5.41) is 10.6. The topological polar surface area (TPSA) is 73.3 Å². The Bertz CT molecular complexity index is 655. The average molecular weight is 257 g/mol. The van der Waals surface area contributed by atoms with Crippen LogP contribution in [0.4, 0.5) is 5.69 Å². The van der Waals surface area contributed by atoms with Crippen molar-refractivity contribution in [1.29, 1.82) is 0 Å². The summed E-state index contributed by atoms with van der Waals surface area (Å²) >= 11 is 0. The molecule has 0 bridgehead atoms. The molecule has 0 aliphatic heterocycles. The minimum absolute atomic E-state index is 0.0334. The highest BCUT2D eigenvalue weighted by Gasteiger charge is 2.05. The average Bonchev–Trinajstić information content (AvgIpc) is 2.85. The molecular formula is C14H11NO4. The Morgan fingerprint density at radius 2 is 2.05 bits per heavy atom. The third-order valence-electron chi connectivity index (χ3n) is 2.49. The lowest BCUT2D eigenvalue weighted by molar-refractivity contribution is -0.384. The van der Waals surface area contributed by atoms with Crippen LogP contribution in [0.15, 0.2) is 40.8 Å². The van der Waals surface area contributed by atoms with Crippen LogP contribution < -0.4 is 0 Å². The van der Waals surface area contributed by atoms with Crippen molar-refractivity contribution in [3.8, 4) is 0 Å².